The van der Waals surface area contributed by atoms with E-state index in [9.17, 15) is 0 Å². The smallest absolute Gasteiger partial charge is 0.0357 e. The van der Waals surface area contributed by atoms with Gasteiger partial charge in [-0.3, -0.25) is 0 Å². The predicted molar refractivity (Wildman–Crippen MR) is 57.7 cm³/mol. The van der Waals surface area contributed by atoms with Gasteiger partial charge in [-0.1, -0.05) is 45.4 Å². The largest absolute Gasteiger partial charge is 0.0654 e. The molecule has 0 spiro atoms. The Hall–Kier alpha value is 0. The Morgan fingerprint density at radius 3 is 2.46 bits per heavy atom. The maximum Gasteiger partial charge on any atom is -0.0357 e. The van der Waals surface area contributed by atoms with Crippen LogP contribution in [0.2, 0.25) is 0 Å². The molecule has 0 saturated heterocycles. The van der Waals surface area contributed by atoms with Gasteiger partial charge in [0.2, 0.25) is 0 Å². The van der Waals surface area contributed by atoms with E-state index in [-0.39, 0.29) is 0 Å². The second-order valence-corrected chi connectivity index (χ2v) is 5.19. The number of hydrogen-bond acceptors (Lipinski definition) is 0. The van der Waals surface area contributed by atoms with Crippen molar-refractivity contribution in [3.63, 3.8) is 0 Å². The third-order valence-electron chi connectivity index (χ3n) is 4.12. The van der Waals surface area contributed by atoms with Crippen LogP contribution < -0.4 is 0 Å². The monoisotopic (exact) mass is 180 g/mol. The van der Waals surface area contributed by atoms with Crippen molar-refractivity contribution in [2.24, 2.45) is 17.8 Å². The summed E-state index contributed by atoms with van der Waals surface area (Å²) < 4.78 is 0. The SMILES string of the molecule is CCCC[C@@H]1CCCC[C@@H]1C1CC1. The molecule has 0 amide bonds. The zero-order valence-electron chi connectivity index (χ0n) is 9.10. The van der Waals surface area contributed by atoms with E-state index >= 15 is 0 Å². The van der Waals surface area contributed by atoms with Crippen molar-refractivity contribution in [2.75, 3.05) is 0 Å². The minimum atomic E-state index is 1.13. The zero-order chi connectivity index (χ0) is 9.10. The molecule has 76 valence electrons. The van der Waals surface area contributed by atoms with Gasteiger partial charge in [-0.2, -0.15) is 0 Å². The number of rotatable bonds is 4. The quantitative estimate of drug-likeness (QED) is 0.602. The van der Waals surface area contributed by atoms with Crippen molar-refractivity contribution in [2.45, 2.75) is 64.7 Å². The Balaban J connectivity index is 1.81. The van der Waals surface area contributed by atoms with Gasteiger partial charge in [0.15, 0.2) is 0 Å². The molecule has 0 nitrogen and oxygen atoms in total. The lowest BCUT2D eigenvalue weighted by Gasteiger charge is -2.31. The fourth-order valence-corrected chi connectivity index (χ4v) is 3.21. The Morgan fingerprint density at radius 2 is 1.77 bits per heavy atom. The molecule has 2 fully saturated rings. The molecule has 0 unspecified atom stereocenters. The molecule has 0 heteroatoms. The Bertz CT molecular complexity index is 146. The standard InChI is InChI=1S/C13H24/c1-2-3-6-11-7-4-5-8-13(11)12-9-10-12/h11-13H,2-10H2,1H3/t11-,13+/m1/s1. The highest BCUT2D eigenvalue weighted by Crippen LogP contribution is 2.48. The molecule has 0 aromatic rings. The molecule has 2 atom stereocenters. The molecular weight excluding hydrogens is 156 g/mol. The first kappa shape index (κ1) is 9.55. The summed E-state index contributed by atoms with van der Waals surface area (Å²) in [5, 5.41) is 0. The van der Waals surface area contributed by atoms with Gasteiger partial charge < -0.3 is 0 Å². The number of unbranched alkanes of at least 4 members (excludes halogenated alkanes) is 1. The lowest BCUT2D eigenvalue weighted by Crippen LogP contribution is -2.21. The molecule has 0 heterocycles. The van der Waals surface area contributed by atoms with Crippen LogP contribution in [0.15, 0.2) is 0 Å². The first-order chi connectivity index (χ1) is 6.42. The minimum Gasteiger partial charge on any atom is -0.0654 e. The summed E-state index contributed by atoms with van der Waals surface area (Å²) in [4.78, 5) is 0. The van der Waals surface area contributed by atoms with Crippen LogP contribution in [0, 0.1) is 17.8 Å². The van der Waals surface area contributed by atoms with E-state index in [0.717, 1.165) is 11.8 Å². The van der Waals surface area contributed by atoms with Crippen LogP contribution in [0.4, 0.5) is 0 Å². The second-order valence-electron chi connectivity index (χ2n) is 5.19. The summed E-state index contributed by atoms with van der Waals surface area (Å²) in [6.45, 7) is 2.33. The van der Waals surface area contributed by atoms with Crippen molar-refractivity contribution in [3.8, 4) is 0 Å². The predicted octanol–water partition coefficient (Wildman–Crippen LogP) is 4.39. The van der Waals surface area contributed by atoms with Gasteiger partial charge in [0.1, 0.15) is 0 Å². The first-order valence-electron chi connectivity index (χ1n) is 6.42. The van der Waals surface area contributed by atoms with E-state index in [0.29, 0.717) is 0 Å². The van der Waals surface area contributed by atoms with Crippen molar-refractivity contribution in [3.05, 3.63) is 0 Å². The van der Waals surface area contributed by atoms with Gasteiger partial charge in [0, 0.05) is 0 Å². The van der Waals surface area contributed by atoms with E-state index in [1.54, 1.807) is 25.7 Å². The van der Waals surface area contributed by atoms with Crippen molar-refractivity contribution >= 4 is 0 Å². The summed E-state index contributed by atoms with van der Waals surface area (Å²) in [6, 6.07) is 0. The summed E-state index contributed by atoms with van der Waals surface area (Å²) in [5.41, 5.74) is 0. The Morgan fingerprint density at radius 1 is 1.00 bits per heavy atom. The fraction of sp³-hybridized carbons (Fsp3) is 1.00. The van der Waals surface area contributed by atoms with Gasteiger partial charge in [-0.25, -0.2) is 0 Å². The fourth-order valence-electron chi connectivity index (χ4n) is 3.21. The summed E-state index contributed by atoms with van der Waals surface area (Å²) >= 11 is 0. The van der Waals surface area contributed by atoms with Gasteiger partial charge in [-0.15, -0.1) is 0 Å². The Labute approximate surface area is 83.1 Å². The normalized spacial score (nSPS) is 34.8. The summed E-state index contributed by atoms with van der Waals surface area (Å²) in [6.07, 6.45) is 13.7. The van der Waals surface area contributed by atoms with Crippen LogP contribution in [0.3, 0.4) is 0 Å². The lowest BCUT2D eigenvalue weighted by molar-refractivity contribution is 0.195. The van der Waals surface area contributed by atoms with E-state index in [1.165, 1.54) is 38.0 Å². The number of hydrogen-bond donors (Lipinski definition) is 0. The van der Waals surface area contributed by atoms with E-state index in [1.807, 2.05) is 0 Å². The van der Waals surface area contributed by atoms with Crippen LogP contribution >= 0.6 is 0 Å². The molecule has 0 aliphatic heterocycles. The van der Waals surface area contributed by atoms with Gasteiger partial charge in [0.05, 0.1) is 0 Å². The molecule has 13 heavy (non-hydrogen) atoms. The maximum atomic E-state index is 2.33. The highest BCUT2D eigenvalue weighted by molar-refractivity contribution is 4.87. The van der Waals surface area contributed by atoms with Crippen molar-refractivity contribution < 1.29 is 0 Å². The van der Waals surface area contributed by atoms with Crippen LogP contribution in [-0.2, 0) is 0 Å². The zero-order valence-corrected chi connectivity index (χ0v) is 9.10. The van der Waals surface area contributed by atoms with Gasteiger partial charge in [-0.05, 0) is 37.0 Å². The second kappa shape index (κ2) is 4.48. The molecule has 0 aromatic carbocycles. The average molecular weight is 180 g/mol. The molecule has 0 N–H and O–H groups in total. The molecule has 2 aliphatic rings. The molecular formula is C13H24. The van der Waals surface area contributed by atoms with E-state index in [4.69, 9.17) is 0 Å². The van der Waals surface area contributed by atoms with Crippen LogP contribution in [0.1, 0.15) is 64.7 Å². The van der Waals surface area contributed by atoms with E-state index in [2.05, 4.69) is 6.92 Å². The average Bonchev–Trinajstić information content (AvgIpc) is 2.98. The molecule has 2 rings (SSSR count). The summed E-state index contributed by atoms with van der Waals surface area (Å²) in [7, 11) is 0. The maximum absolute atomic E-state index is 2.33. The van der Waals surface area contributed by atoms with Crippen LogP contribution in [0.25, 0.3) is 0 Å². The van der Waals surface area contributed by atoms with E-state index < -0.39 is 0 Å². The molecule has 0 aromatic heterocycles. The third kappa shape index (κ3) is 2.48. The van der Waals surface area contributed by atoms with Crippen LogP contribution in [0.5, 0.6) is 0 Å². The summed E-state index contributed by atoms with van der Waals surface area (Å²) in [5.74, 6) is 3.45. The van der Waals surface area contributed by atoms with Gasteiger partial charge in [0.25, 0.3) is 0 Å². The minimum absolute atomic E-state index is 1.13. The highest BCUT2D eigenvalue weighted by Gasteiger charge is 2.36. The molecule has 2 saturated carbocycles. The molecule has 0 radical (unpaired) electrons. The van der Waals surface area contributed by atoms with Crippen LogP contribution in [-0.4, -0.2) is 0 Å². The van der Waals surface area contributed by atoms with Crippen molar-refractivity contribution in [1.29, 1.82) is 0 Å². The topological polar surface area (TPSA) is 0 Å². The third-order valence-corrected chi connectivity index (χ3v) is 4.12. The van der Waals surface area contributed by atoms with Crippen molar-refractivity contribution in [1.82, 2.24) is 0 Å². The lowest BCUT2D eigenvalue weighted by atomic mass is 9.74. The molecule has 2 aliphatic carbocycles. The molecule has 0 bridgehead atoms. The van der Waals surface area contributed by atoms with Gasteiger partial charge >= 0.3 is 0 Å². The highest BCUT2D eigenvalue weighted by atomic mass is 14.4. The Kier molecular flexibility index (Phi) is 3.29. The first-order valence-corrected chi connectivity index (χ1v) is 6.42.